The fraction of sp³-hybridized carbons (Fsp3) is 0.500. The minimum Gasteiger partial charge on any atom is -0.260 e. The number of hydrogen-bond acceptors (Lipinski definition) is 4. The van der Waals surface area contributed by atoms with E-state index >= 15 is 0 Å². The zero-order valence-corrected chi connectivity index (χ0v) is 14.5. The highest BCUT2D eigenvalue weighted by atomic mass is 32.2. The number of thioether (sulfide) groups is 1. The first kappa shape index (κ1) is 16.3. The Balaban J connectivity index is 2.11. The Morgan fingerprint density at radius 2 is 2.05 bits per heavy atom. The third kappa shape index (κ3) is 3.59. The summed E-state index contributed by atoms with van der Waals surface area (Å²) in [5.41, 5.74) is 3.65. The predicted octanol–water partition coefficient (Wildman–Crippen LogP) is 2.01. The van der Waals surface area contributed by atoms with Crippen LogP contribution in [-0.4, -0.2) is 49.4 Å². The zero-order valence-electron chi connectivity index (χ0n) is 12.8. The molecule has 21 heavy (non-hydrogen) atoms. The normalized spacial score (nSPS) is 15.7. The van der Waals surface area contributed by atoms with Crippen LogP contribution in [0.15, 0.2) is 23.2 Å². The minimum absolute atomic E-state index is 0.426. The van der Waals surface area contributed by atoms with Crippen molar-refractivity contribution in [3.63, 3.8) is 0 Å². The summed E-state index contributed by atoms with van der Waals surface area (Å²) in [6.45, 7) is 5.08. The molecule has 0 atom stereocenters. The lowest BCUT2D eigenvalue weighted by molar-refractivity contribution is 0.468. The number of aliphatic imine (C=N–C) groups is 1. The first-order valence-corrected chi connectivity index (χ1v) is 9.14. The number of aryl methyl sites for hydroxylation is 2. The van der Waals surface area contributed by atoms with E-state index < -0.39 is 10.2 Å². The van der Waals surface area contributed by atoms with E-state index in [2.05, 4.69) is 37.0 Å². The van der Waals surface area contributed by atoms with Crippen molar-refractivity contribution in [2.75, 3.05) is 27.2 Å². The third-order valence-electron chi connectivity index (χ3n) is 3.36. The molecule has 0 bridgehead atoms. The first-order valence-electron chi connectivity index (χ1n) is 6.76. The second-order valence-electron chi connectivity index (χ2n) is 5.25. The largest absolute Gasteiger partial charge is 0.305 e. The maximum Gasteiger partial charge on any atom is 0.305 e. The molecule has 2 rings (SSSR count). The number of nitrogens with zero attached hydrogens (tertiary/aromatic N) is 3. The van der Waals surface area contributed by atoms with Gasteiger partial charge in [0.25, 0.3) is 0 Å². The highest BCUT2D eigenvalue weighted by Gasteiger charge is 2.30. The maximum absolute atomic E-state index is 12.2. The van der Waals surface area contributed by atoms with Gasteiger partial charge in [0.1, 0.15) is 0 Å². The Kier molecular flexibility index (Phi) is 4.95. The van der Waals surface area contributed by atoms with Gasteiger partial charge in [-0.2, -0.15) is 12.7 Å². The number of benzene rings is 1. The highest BCUT2D eigenvalue weighted by Crippen LogP contribution is 2.24. The molecule has 7 heteroatoms. The van der Waals surface area contributed by atoms with Crippen molar-refractivity contribution < 1.29 is 8.42 Å². The Bertz CT molecular complexity index is 654. The zero-order chi connectivity index (χ0) is 15.6. The fourth-order valence-electron chi connectivity index (χ4n) is 2.04. The molecule has 0 saturated heterocycles. The monoisotopic (exact) mass is 327 g/mol. The summed E-state index contributed by atoms with van der Waals surface area (Å²) in [4.78, 5) is 4.33. The van der Waals surface area contributed by atoms with E-state index in [4.69, 9.17) is 0 Å². The Hall–Kier alpha value is -1.05. The van der Waals surface area contributed by atoms with E-state index in [0.29, 0.717) is 18.3 Å². The van der Waals surface area contributed by atoms with Crippen molar-refractivity contribution in [2.45, 2.75) is 19.6 Å². The van der Waals surface area contributed by atoms with Crippen molar-refractivity contribution in [3.05, 3.63) is 34.9 Å². The van der Waals surface area contributed by atoms with Gasteiger partial charge in [0.05, 0.1) is 13.1 Å². The van der Waals surface area contributed by atoms with Crippen molar-refractivity contribution in [2.24, 2.45) is 4.99 Å². The van der Waals surface area contributed by atoms with Crippen LogP contribution >= 0.6 is 11.8 Å². The Morgan fingerprint density at radius 1 is 1.33 bits per heavy atom. The molecule has 0 fully saturated rings. The van der Waals surface area contributed by atoms with Crippen molar-refractivity contribution in [3.8, 4) is 0 Å². The number of amidine groups is 1. The average molecular weight is 327 g/mol. The van der Waals surface area contributed by atoms with Gasteiger partial charge >= 0.3 is 10.2 Å². The van der Waals surface area contributed by atoms with Crippen LogP contribution in [0.1, 0.15) is 16.7 Å². The molecule has 0 N–H and O–H groups in total. The van der Waals surface area contributed by atoms with Crippen LogP contribution in [0.25, 0.3) is 0 Å². The molecule has 1 aromatic rings. The average Bonchev–Trinajstić information content (AvgIpc) is 2.88. The fourth-order valence-corrected chi connectivity index (χ4v) is 4.45. The van der Waals surface area contributed by atoms with Gasteiger partial charge in [-0.25, -0.2) is 4.31 Å². The minimum atomic E-state index is -3.43. The van der Waals surface area contributed by atoms with Crippen LogP contribution < -0.4 is 0 Å². The molecule has 5 nitrogen and oxygen atoms in total. The summed E-state index contributed by atoms with van der Waals surface area (Å²) in [5.74, 6) is 0.728. The van der Waals surface area contributed by atoms with Gasteiger partial charge in [0.15, 0.2) is 5.17 Å². The SMILES string of the molecule is Cc1ccc(C)c(CSC2=NCCN2S(=O)(=O)N(C)C)c1. The summed E-state index contributed by atoms with van der Waals surface area (Å²) >= 11 is 1.48. The van der Waals surface area contributed by atoms with Gasteiger partial charge in [-0.3, -0.25) is 4.99 Å². The van der Waals surface area contributed by atoms with Gasteiger partial charge in [-0.15, -0.1) is 0 Å². The summed E-state index contributed by atoms with van der Waals surface area (Å²) in [6, 6.07) is 6.32. The quantitative estimate of drug-likeness (QED) is 0.850. The first-order chi connectivity index (χ1) is 9.82. The Morgan fingerprint density at radius 3 is 2.71 bits per heavy atom. The molecule has 0 aromatic heterocycles. The van der Waals surface area contributed by atoms with Crippen LogP contribution in [0.4, 0.5) is 0 Å². The summed E-state index contributed by atoms with van der Waals surface area (Å²) in [6.07, 6.45) is 0. The number of hydrogen-bond donors (Lipinski definition) is 0. The van der Waals surface area contributed by atoms with Crippen LogP contribution in [-0.2, 0) is 16.0 Å². The summed E-state index contributed by atoms with van der Waals surface area (Å²) < 4.78 is 27.1. The van der Waals surface area contributed by atoms with Gasteiger partial charge in [-0.05, 0) is 25.0 Å². The molecule has 1 aliphatic rings. The van der Waals surface area contributed by atoms with Crippen molar-refractivity contribution >= 4 is 27.1 Å². The lowest BCUT2D eigenvalue weighted by Crippen LogP contribution is -2.41. The third-order valence-corrected chi connectivity index (χ3v) is 6.38. The van der Waals surface area contributed by atoms with E-state index in [9.17, 15) is 8.42 Å². The lowest BCUT2D eigenvalue weighted by atomic mass is 10.1. The maximum atomic E-state index is 12.2. The molecular weight excluding hydrogens is 306 g/mol. The standard InChI is InChI=1S/C14H21N3O2S2/c1-11-5-6-12(2)13(9-11)10-20-14-15-7-8-17(14)21(18,19)16(3)4/h5-6,9H,7-8,10H2,1-4H3. The second-order valence-corrected chi connectivity index (χ2v) is 8.25. The molecule has 116 valence electrons. The van der Waals surface area contributed by atoms with Gasteiger partial charge in [0.2, 0.25) is 0 Å². The van der Waals surface area contributed by atoms with Crippen LogP contribution in [0, 0.1) is 13.8 Å². The molecular formula is C14H21N3O2S2. The van der Waals surface area contributed by atoms with Crippen LogP contribution in [0.3, 0.4) is 0 Å². The topological polar surface area (TPSA) is 53.0 Å². The van der Waals surface area contributed by atoms with Gasteiger partial charge in [-0.1, -0.05) is 35.5 Å². The van der Waals surface area contributed by atoms with E-state index in [0.717, 1.165) is 5.75 Å². The van der Waals surface area contributed by atoms with E-state index in [1.54, 1.807) is 14.1 Å². The second kappa shape index (κ2) is 6.37. The molecule has 1 aromatic carbocycles. The molecule has 0 amide bonds. The Labute approximate surface area is 131 Å². The molecule has 0 aliphatic carbocycles. The van der Waals surface area contributed by atoms with Crippen molar-refractivity contribution in [1.82, 2.24) is 8.61 Å². The summed E-state index contributed by atoms with van der Waals surface area (Å²) in [7, 11) is -0.349. The smallest absolute Gasteiger partial charge is 0.260 e. The van der Waals surface area contributed by atoms with Crippen LogP contribution in [0.5, 0.6) is 0 Å². The van der Waals surface area contributed by atoms with Gasteiger partial charge < -0.3 is 0 Å². The molecule has 0 spiro atoms. The molecule has 0 unspecified atom stereocenters. The number of rotatable bonds is 4. The van der Waals surface area contributed by atoms with E-state index in [1.165, 1.54) is 37.1 Å². The van der Waals surface area contributed by atoms with E-state index in [-0.39, 0.29) is 0 Å². The van der Waals surface area contributed by atoms with Gasteiger partial charge in [0, 0.05) is 19.8 Å². The molecule has 1 aliphatic heterocycles. The predicted molar refractivity (Wildman–Crippen MR) is 88.8 cm³/mol. The lowest BCUT2D eigenvalue weighted by Gasteiger charge is -2.23. The van der Waals surface area contributed by atoms with Crippen LogP contribution in [0.2, 0.25) is 0 Å². The van der Waals surface area contributed by atoms with E-state index in [1.807, 2.05) is 0 Å². The molecule has 0 radical (unpaired) electrons. The summed E-state index contributed by atoms with van der Waals surface area (Å²) in [5, 5.41) is 0.588. The highest BCUT2D eigenvalue weighted by molar-refractivity contribution is 8.14. The molecule has 1 heterocycles. The molecule has 0 saturated carbocycles. The van der Waals surface area contributed by atoms with Crippen molar-refractivity contribution in [1.29, 1.82) is 0 Å².